The molecule has 1 N–H and O–H groups in total. The van der Waals surface area contributed by atoms with Gasteiger partial charge < -0.3 is 9.73 Å². The summed E-state index contributed by atoms with van der Waals surface area (Å²) >= 11 is 0. The number of hydrogen-bond donors (Lipinski definition) is 1. The topological polar surface area (TPSA) is 38.1 Å². The van der Waals surface area contributed by atoms with Crippen molar-refractivity contribution in [2.45, 2.75) is 37.5 Å². The van der Waals surface area contributed by atoms with Gasteiger partial charge >= 0.3 is 0 Å². The number of nitrogens with one attached hydrogen (secondary N) is 1. The van der Waals surface area contributed by atoms with Gasteiger partial charge in [-0.2, -0.15) is 0 Å². The van der Waals surface area contributed by atoms with Crippen LogP contribution in [0.3, 0.4) is 0 Å². The molecule has 0 unspecified atom stereocenters. The molecule has 1 aliphatic heterocycles. The monoisotopic (exact) mass is 192 g/mol. The molecule has 2 aliphatic rings. The normalized spacial score (nSPS) is 24.0. The molecule has 2 heterocycles. The van der Waals surface area contributed by atoms with Crippen LogP contribution in [0, 0.1) is 0 Å². The molecular formula is C11H16N2O. The van der Waals surface area contributed by atoms with Crippen LogP contribution in [0.4, 0.5) is 0 Å². The summed E-state index contributed by atoms with van der Waals surface area (Å²) in [5, 5.41) is 3.25. The molecule has 1 saturated carbocycles. The highest BCUT2D eigenvalue weighted by Crippen LogP contribution is 2.34. The zero-order valence-electron chi connectivity index (χ0n) is 8.33. The zero-order chi connectivity index (χ0) is 9.38. The van der Waals surface area contributed by atoms with Gasteiger partial charge in [0, 0.05) is 24.9 Å². The molecular weight excluding hydrogens is 176 g/mol. The molecule has 3 heteroatoms. The number of oxazole rings is 1. The van der Waals surface area contributed by atoms with Crippen LogP contribution in [0.25, 0.3) is 0 Å². The first-order valence-corrected chi connectivity index (χ1v) is 5.60. The van der Waals surface area contributed by atoms with Crippen LogP contribution in [-0.2, 0) is 0 Å². The Labute approximate surface area is 83.9 Å². The molecule has 0 atom stereocenters. The molecule has 2 fully saturated rings. The molecule has 3 nitrogen and oxygen atoms in total. The number of nitrogens with zero attached hydrogens (tertiary/aromatic N) is 1. The quantitative estimate of drug-likeness (QED) is 0.779. The summed E-state index contributed by atoms with van der Waals surface area (Å²) in [7, 11) is 0. The molecule has 0 amide bonds. The Morgan fingerprint density at radius 3 is 2.64 bits per heavy atom. The van der Waals surface area contributed by atoms with Crippen LogP contribution >= 0.6 is 0 Å². The van der Waals surface area contributed by atoms with Gasteiger partial charge in [0.2, 0.25) is 0 Å². The van der Waals surface area contributed by atoms with E-state index in [9.17, 15) is 0 Å². The predicted octanol–water partition coefficient (Wildman–Crippen LogP) is 2.02. The van der Waals surface area contributed by atoms with Gasteiger partial charge in [0.1, 0.15) is 5.76 Å². The Kier molecular flexibility index (Phi) is 2.05. The summed E-state index contributed by atoms with van der Waals surface area (Å²) in [5.41, 5.74) is 0. The second kappa shape index (κ2) is 3.39. The van der Waals surface area contributed by atoms with Crippen LogP contribution in [0.15, 0.2) is 10.6 Å². The molecule has 14 heavy (non-hydrogen) atoms. The lowest BCUT2D eigenvalue weighted by atomic mass is 10.0. The van der Waals surface area contributed by atoms with Crippen molar-refractivity contribution < 1.29 is 4.42 Å². The minimum atomic E-state index is 0.581. The Hall–Kier alpha value is -0.830. The third-order valence-electron chi connectivity index (χ3n) is 3.43. The van der Waals surface area contributed by atoms with Crippen LogP contribution < -0.4 is 5.32 Å². The number of aromatic nitrogens is 1. The van der Waals surface area contributed by atoms with Gasteiger partial charge in [-0.25, -0.2) is 4.98 Å². The van der Waals surface area contributed by atoms with E-state index in [0.717, 1.165) is 24.7 Å². The van der Waals surface area contributed by atoms with Crippen molar-refractivity contribution in [2.24, 2.45) is 0 Å². The van der Waals surface area contributed by atoms with Crippen LogP contribution in [-0.4, -0.2) is 18.1 Å². The van der Waals surface area contributed by atoms with E-state index in [4.69, 9.17) is 4.42 Å². The van der Waals surface area contributed by atoms with Crippen LogP contribution in [0.5, 0.6) is 0 Å². The largest absolute Gasteiger partial charge is 0.445 e. The van der Waals surface area contributed by atoms with Crippen molar-refractivity contribution in [1.82, 2.24) is 10.3 Å². The number of hydrogen-bond acceptors (Lipinski definition) is 3. The SMILES string of the molecule is c1nc(C2CCCC2)oc1C1CNC1. The van der Waals surface area contributed by atoms with Crippen LogP contribution in [0.2, 0.25) is 0 Å². The standard InChI is InChI=1S/C11H16N2O/c1-2-4-8(3-1)11-13-7-10(14-11)9-5-12-6-9/h7-9,12H,1-6H2. The summed E-state index contributed by atoms with van der Waals surface area (Å²) in [5.74, 6) is 3.27. The van der Waals surface area contributed by atoms with Gasteiger partial charge in [-0.05, 0) is 12.8 Å². The molecule has 1 aliphatic carbocycles. The fraction of sp³-hybridized carbons (Fsp3) is 0.727. The first kappa shape index (κ1) is 8.48. The van der Waals surface area contributed by atoms with E-state index in [1.165, 1.54) is 25.7 Å². The molecule has 3 rings (SSSR count). The van der Waals surface area contributed by atoms with Crippen molar-refractivity contribution in [2.75, 3.05) is 13.1 Å². The maximum Gasteiger partial charge on any atom is 0.197 e. The molecule has 0 radical (unpaired) electrons. The van der Waals surface area contributed by atoms with Gasteiger partial charge in [-0.1, -0.05) is 12.8 Å². The van der Waals surface area contributed by atoms with E-state index < -0.39 is 0 Å². The minimum Gasteiger partial charge on any atom is -0.445 e. The van der Waals surface area contributed by atoms with Crippen molar-refractivity contribution >= 4 is 0 Å². The van der Waals surface area contributed by atoms with Crippen molar-refractivity contribution in [3.8, 4) is 0 Å². The van der Waals surface area contributed by atoms with Gasteiger partial charge in [0.15, 0.2) is 5.89 Å². The summed E-state index contributed by atoms with van der Waals surface area (Å²) in [6.45, 7) is 2.11. The van der Waals surface area contributed by atoms with Crippen LogP contribution in [0.1, 0.15) is 49.2 Å². The maximum absolute atomic E-state index is 5.82. The van der Waals surface area contributed by atoms with Crippen molar-refractivity contribution in [3.05, 3.63) is 17.8 Å². The highest BCUT2D eigenvalue weighted by Gasteiger charge is 2.26. The Morgan fingerprint density at radius 2 is 2.00 bits per heavy atom. The number of rotatable bonds is 2. The van der Waals surface area contributed by atoms with Gasteiger partial charge in [0.25, 0.3) is 0 Å². The Bertz CT molecular complexity index is 311. The fourth-order valence-electron chi connectivity index (χ4n) is 2.34. The van der Waals surface area contributed by atoms with E-state index in [1.54, 1.807) is 0 Å². The van der Waals surface area contributed by atoms with E-state index in [-0.39, 0.29) is 0 Å². The molecule has 0 aromatic carbocycles. The summed E-state index contributed by atoms with van der Waals surface area (Å²) in [6, 6.07) is 0. The summed E-state index contributed by atoms with van der Waals surface area (Å²) in [6.07, 6.45) is 7.14. The zero-order valence-corrected chi connectivity index (χ0v) is 8.33. The first-order valence-electron chi connectivity index (χ1n) is 5.60. The Balaban J connectivity index is 1.75. The maximum atomic E-state index is 5.82. The van der Waals surface area contributed by atoms with Gasteiger partial charge in [0.05, 0.1) is 6.20 Å². The van der Waals surface area contributed by atoms with Crippen molar-refractivity contribution in [1.29, 1.82) is 0 Å². The smallest absolute Gasteiger partial charge is 0.197 e. The average molecular weight is 192 g/mol. The molecule has 0 bridgehead atoms. The molecule has 1 saturated heterocycles. The lowest BCUT2D eigenvalue weighted by molar-refractivity contribution is 0.343. The molecule has 76 valence electrons. The average Bonchev–Trinajstić information content (AvgIpc) is 2.65. The van der Waals surface area contributed by atoms with E-state index in [0.29, 0.717) is 11.8 Å². The van der Waals surface area contributed by atoms with Crippen molar-refractivity contribution in [3.63, 3.8) is 0 Å². The molecule has 0 spiro atoms. The lowest BCUT2D eigenvalue weighted by Crippen LogP contribution is -2.39. The lowest BCUT2D eigenvalue weighted by Gasteiger charge is -2.24. The minimum absolute atomic E-state index is 0.581. The first-order chi connectivity index (χ1) is 6.93. The molecule has 1 aromatic heterocycles. The second-order valence-electron chi connectivity index (χ2n) is 4.44. The van der Waals surface area contributed by atoms with Gasteiger partial charge in [-0.15, -0.1) is 0 Å². The second-order valence-corrected chi connectivity index (χ2v) is 4.44. The van der Waals surface area contributed by atoms with E-state index in [2.05, 4.69) is 10.3 Å². The Morgan fingerprint density at radius 1 is 1.21 bits per heavy atom. The predicted molar refractivity (Wildman–Crippen MR) is 53.3 cm³/mol. The highest BCUT2D eigenvalue weighted by molar-refractivity contribution is 5.09. The summed E-state index contributed by atoms with van der Waals surface area (Å²) < 4.78 is 5.82. The van der Waals surface area contributed by atoms with Gasteiger partial charge in [-0.3, -0.25) is 0 Å². The van der Waals surface area contributed by atoms with E-state index >= 15 is 0 Å². The third kappa shape index (κ3) is 1.36. The molecule has 1 aromatic rings. The summed E-state index contributed by atoms with van der Waals surface area (Å²) in [4.78, 5) is 4.41. The fourth-order valence-corrected chi connectivity index (χ4v) is 2.34. The highest BCUT2D eigenvalue weighted by atomic mass is 16.4. The van der Waals surface area contributed by atoms with E-state index in [1.807, 2.05) is 6.20 Å². The third-order valence-corrected chi connectivity index (χ3v) is 3.43.